The van der Waals surface area contributed by atoms with E-state index in [1.54, 1.807) is 18.4 Å². The van der Waals surface area contributed by atoms with E-state index in [0.717, 1.165) is 29.0 Å². The van der Waals surface area contributed by atoms with Crippen molar-refractivity contribution in [1.82, 2.24) is 0 Å². The number of hydrogen-bond donors (Lipinski definition) is 0. The molecule has 164 valence electrons. The van der Waals surface area contributed by atoms with E-state index >= 15 is 0 Å². The van der Waals surface area contributed by atoms with Crippen LogP contribution < -0.4 is 4.74 Å². The smallest absolute Gasteiger partial charge is 0.172 e. The molecular weight excluding hydrogens is 392 g/mol. The van der Waals surface area contributed by atoms with Crippen LogP contribution in [-0.4, -0.2) is 19.5 Å². The molecule has 2 rings (SSSR count). The van der Waals surface area contributed by atoms with Crippen LogP contribution >= 0.6 is 11.3 Å². The topological polar surface area (TPSA) is 35.5 Å². The molecule has 0 amide bonds. The lowest BCUT2D eigenvalue weighted by atomic mass is 9.74. The number of benzene rings is 1. The molecule has 0 spiro atoms. The number of rotatable bonds is 11. The van der Waals surface area contributed by atoms with Gasteiger partial charge < -0.3 is 9.47 Å². The second-order valence-corrected chi connectivity index (χ2v) is 9.48. The average Bonchev–Trinajstić information content (AvgIpc) is 3.23. The van der Waals surface area contributed by atoms with E-state index in [4.69, 9.17) is 9.47 Å². The first-order chi connectivity index (χ1) is 14.2. The Morgan fingerprint density at radius 1 is 1.10 bits per heavy atom. The van der Waals surface area contributed by atoms with Crippen molar-refractivity contribution >= 4 is 22.9 Å². The Labute approximate surface area is 186 Å². The van der Waals surface area contributed by atoms with Crippen molar-refractivity contribution in [3.8, 4) is 5.75 Å². The zero-order valence-electron chi connectivity index (χ0n) is 19.5. The third kappa shape index (κ3) is 4.97. The maximum absolute atomic E-state index is 12.0. The molecular formula is C26H36O3S. The van der Waals surface area contributed by atoms with Crippen molar-refractivity contribution in [3.63, 3.8) is 0 Å². The molecule has 1 aromatic heterocycles. The summed E-state index contributed by atoms with van der Waals surface area (Å²) in [6, 6.07) is 10.8. The number of hydrogen-bond acceptors (Lipinski definition) is 4. The number of thiophene rings is 1. The number of ether oxygens (including phenoxy) is 2. The molecule has 0 aliphatic heterocycles. The Morgan fingerprint density at radius 2 is 1.77 bits per heavy atom. The van der Waals surface area contributed by atoms with Crippen molar-refractivity contribution in [2.45, 2.75) is 65.7 Å². The van der Waals surface area contributed by atoms with Gasteiger partial charge in [0, 0.05) is 16.2 Å². The van der Waals surface area contributed by atoms with Crippen molar-refractivity contribution in [3.05, 3.63) is 57.8 Å². The molecule has 0 radical (unpaired) electrons. The van der Waals surface area contributed by atoms with Gasteiger partial charge in [0.1, 0.15) is 18.1 Å². The summed E-state index contributed by atoms with van der Waals surface area (Å²) in [7, 11) is 1.66. The fourth-order valence-electron chi connectivity index (χ4n) is 3.74. The normalized spacial score (nSPS) is 11.8. The van der Waals surface area contributed by atoms with Gasteiger partial charge in [0.15, 0.2) is 5.78 Å². The van der Waals surface area contributed by atoms with Gasteiger partial charge in [-0.2, -0.15) is 0 Å². The van der Waals surface area contributed by atoms with E-state index in [1.165, 1.54) is 10.4 Å². The van der Waals surface area contributed by atoms with Gasteiger partial charge >= 0.3 is 0 Å². The fraction of sp³-hybridized carbons (Fsp3) is 0.500. The van der Waals surface area contributed by atoms with Gasteiger partial charge in [0.2, 0.25) is 0 Å². The average molecular weight is 429 g/mol. The zero-order chi connectivity index (χ0) is 22.5. The van der Waals surface area contributed by atoms with E-state index in [2.05, 4.69) is 58.5 Å². The van der Waals surface area contributed by atoms with Crippen LogP contribution in [0.5, 0.6) is 5.75 Å². The summed E-state index contributed by atoms with van der Waals surface area (Å²) in [4.78, 5) is 14.4. The highest BCUT2D eigenvalue weighted by molar-refractivity contribution is 7.13. The summed E-state index contributed by atoms with van der Waals surface area (Å²) >= 11 is 1.75. The third-order valence-corrected chi connectivity index (χ3v) is 7.33. The molecule has 0 bridgehead atoms. The standard InChI is InChI=1S/C26H36O3S/c1-9-26(10-2,25-14-13-24(30-25)19(7)28-8)20-11-12-23(21(15-20)17(3)4)29-16-22(27)18(5)6/h11-15,17-18H,7,9-10,16H2,1-6,8H3. The van der Waals surface area contributed by atoms with Gasteiger partial charge in [-0.25, -0.2) is 0 Å². The minimum atomic E-state index is -0.0765. The first-order valence-electron chi connectivity index (χ1n) is 10.8. The van der Waals surface area contributed by atoms with Crippen LogP contribution in [0, 0.1) is 5.92 Å². The molecule has 0 unspecified atom stereocenters. The van der Waals surface area contributed by atoms with E-state index < -0.39 is 0 Å². The van der Waals surface area contributed by atoms with Gasteiger partial charge in [0.05, 0.1) is 12.0 Å². The molecule has 0 saturated heterocycles. The van der Waals surface area contributed by atoms with E-state index in [0.29, 0.717) is 11.7 Å². The van der Waals surface area contributed by atoms with Crippen LogP contribution in [0.3, 0.4) is 0 Å². The Bertz CT molecular complexity index is 872. The summed E-state index contributed by atoms with van der Waals surface area (Å²) in [5.74, 6) is 1.91. The van der Waals surface area contributed by atoms with Gasteiger partial charge in [-0.3, -0.25) is 4.79 Å². The third-order valence-electron chi connectivity index (χ3n) is 6.00. The van der Waals surface area contributed by atoms with Crippen LogP contribution in [0.25, 0.3) is 5.76 Å². The number of Topliss-reactive ketones (excluding diaryl/α,β-unsaturated/α-hetero) is 1. The molecule has 3 nitrogen and oxygen atoms in total. The summed E-state index contributed by atoms with van der Waals surface area (Å²) in [6.45, 7) is 16.8. The molecule has 0 saturated carbocycles. The maximum atomic E-state index is 12.0. The van der Waals surface area contributed by atoms with E-state index in [-0.39, 0.29) is 23.7 Å². The predicted octanol–water partition coefficient (Wildman–Crippen LogP) is 7.20. The number of carbonyl (C=O) groups is 1. The minimum absolute atomic E-state index is 0.0190. The number of carbonyl (C=O) groups excluding carboxylic acids is 1. The highest BCUT2D eigenvalue weighted by Gasteiger charge is 2.33. The first kappa shape index (κ1) is 24.2. The zero-order valence-corrected chi connectivity index (χ0v) is 20.3. The lowest BCUT2D eigenvalue weighted by Crippen LogP contribution is -2.25. The molecule has 0 N–H and O–H groups in total. The van der Waals surface area contributed by atoms with Crippen LogP contribution in [0.15, 0.2) is 36.9 Å². The van der Waals surface area contributed by atoms with Gasteiger partial charge in [-0.15, -0.1) is 11.3 Å². The number of methoxy groups -OCH3 is 1. The van der Waals surface area contributed by atoms with Crippen LogP contribution in [-0.2, 0) is 14.9 Å². The summed E-state index contributed by atoms with van der Waals surface area (Å²) in [6.07, 6.45) is 1.99. The van der Waals surface area contributed by atoms with E-state index in [9.17, 15) is 4.79 Å². The van der Waals surface area contributed by atoms with Crippen molar-refractivity contribution in [2.24, 2.45) is 5.92 Å². The maximum Gasteiger partial charge on any atom is 0.172 e. The van der Waals surface area contributed by atoms with Gasteiger partial charge in [0.25, 0.3) is 0 Å². The second kappa shape index (κ2) is 10.3. The Kier molecular flexibility index (Phi) is 8.31. The fourth-order valence-corrected chi connectivity index (χ4v) is 5.05. The van der Waals surface area contributed by atoms with Crippen molar-refractivity contribution in [2.75, 3.05) is 13.7 Å². The first-order valence-corrected chi connectivity index (χ1v) is 11.6. The molecule has 0 aliphatic rings. The van der Waals surface area contributed by atoms with Crippen LogP contribution in [0.1, 0.15) is 81.2 Å². The van der Waals surface area contributed by atoms with Crippen LogP contribution in [0.4, 0.5) is 0 Å². The molecule has 1 heterocycles. The lowest BCUT2D eigenvalue weighted by molar-refractivity contribution is -0.123. The molecule has 0 fully saturated rings. The second-order valence-electron chi connectivity index (χ2n) is 8.40. The molecule has 4 heteroatoms. The lowest BCUT2D eigenvalue weighted by Gasteiger charge is -2.32. The SMILES string of the molecule is C=C(OC)c1ccc(C(CC)(CC)c2ccc(OCC(=O)C(C)C)c(C(C)C)c2)s1. The Hall–Kier alpha value is -2.07. The molecule has 1 aromatic carbocycles. The molecule has 30 heavy (non-hydrogen) atoms. The molecule has 0 atom stereocenters. The quantitative estimate of drug-likeness (QED) is 0.355. The van der Waals surface area contributed by atoms with Crippen molar-refractivity contribution in [1.29, 1.82) is 0 Å². The largest absolute Gasteiger partial charge is 0.496 e. The monoisotopic (exact) mass is 428 g/mol. The highest BCUT2D eigenvalue weighted by atomic mass is 32.1. The number of ketones is 1. The Balaban J connectivity index is 2.47. The summed E-state index contributed by atoms with van der Waals surface area (Å²) in [5.41, 5.74) is 2.36. The minimum Gasteiger partial charge on any atom is -0.496 e. The Morgan fingerprint density at radius 3 is 2.30 bits per heavy atom. The van der Waals surface area contributed by atoms with Gasteiger partial charge in [-0.1, -0.05) is 60.3 Å². The molecule has 0 aliphatic carbocycles. The summed E-state index contributed by atoms with van der Waals surface area (Å²) in [5, 5.41) is 0. The van der Waals surface area contributed by atoms with Gasteiger partial charge in [-0.05, 0) is 48.1 Å². The summed E-state index contributed by atoms with van der Waals surface area (Å²) < 4.78 is 11.3. The highest BCUT2D eigenvalue weighted by Crippen LogP contribution is 2.44. The predicted molar refractivity (Wildman–Crippen MR) is 128 cm³/mol. The molecule has 2 aromatic rings. The van der Waals surface area contributed by atoms with E-state index in [1.807, 2.05) is 19.9 Å². The van der Waals surface area contributed by atoms with Crippen LogP contribution in [0.2, 0.25) is 0 Å². The van der Waals surface area contributed by atoms with Crippen molar-refractivity contribution < 1.29 is 14.3 Å².